The SMILES string of the molecule is Cc1ccccc1C(=O)NC1CCN(C(=O)C2(c3ccc(Br)cc3)CCC2)CC1. The van der Waals surface area contributed by atoms with Crippen LogP contribution in [0.25, 0.3) is 0 Å². The maximum Gasteiger partial charge on any atom is 0.251 e. The Morgan fingerprint density at radius 1 is 1.03 bits per heavy atom. The summed E-state index contributed by atoms with van der Waals surface area (Å²) in [5.41, 5.74) is 2.50. The molecular weight excluding hydrogens is 428 g/mol. The predicted octanol–water partition coefficient (Wildman–Crippen LogP) is 4.60. The number of carbonyl (C=O) groups is 2. The van der Waals surface area contributed by atoms with Crippen LogP contribution in [0.15, 0.2) is 53.0 Å². The van der Waals surface area contributed by atoms with E-state index in [4.69, 9.17) is 0 Å². The quantitative estimate of drug-likeness (QED) is 0.733. The Labute approximate surface area is 180 Å². The third-order valence-electron chi connectivity index (χ3n) is 6.52. The van der Waals surface area contributed by atoms with Crippen LogP contribution in [0.5, 0.6) is 0 Å². The van der Waals surface area contributed by atoms with Crippen LogP contribution in [-0.2, 0) is 10.2 Å². The lowest BCUT2D eigenvalue weighted by Crippen LogP contribution is -2.55. The van der Waals surface area contributed by atoms with Crippen LogP contribution in [0.1, 0.15) is 53.6 Å². The molecule has 1 saturated heterocycles. The molecule has 2 aromatic rings. The number of piperidine rings is 1. The summed E-state index contributed by atoms with van der Waals surface area (Å²) in [6.07, 6.45) is 4.57. The molecule has 2 amide bonds. The van der Waals surface area contributed by atoms with Gasteiger partial charge in [-0.3, -0.25) is 9.59 Å². The van der Waals surface area contributed by atoms with Crippen molar-refractivity contribution in [2.24, 2.45) is 0 Å². The van der Waals surface area contributed by atoms with Crippen molar-refractivity contribution in [1.29, 1.82) is 0 Å². The lowest BCUT2D eigenvalue weighted by Gasteiger charge is -2.45. The van der Waals surface area contributed by atoms with Crippen LogP contribution >= 0.6 is 15.9 Å². The van der Waals surface area contributed by atoms with Gasteiger partial charge in [0.15, 0.2) is 0 Å². The van der Waals surface area contributed by atoms with Crippen LogP contribution in [-0.4, -0.2) is 35.8 Å². The Morgan fingerprint density at radius 3 is 2.28 bits per heavy atom. The van der Waals surface area contributed by atoms with Gasteiger partial charge in [0.1, 0.15) is 0 Å². The van der Waals surface area contributed by atoms with Crippen LogP contribution in [0, 0.1) is 6.92 Å². The second-order valence-corrected chi connectivity index (χ2v) is 9.21. The van der Waals surface area contributed by atoms with E-state index in [2.05, 4.69) is 33.4 Å². The molecule has 1 saturated carbocycles. The molecule has 0 radical (unpaired) electrons. The van der Waals surface area contributed by atoms with E-state index in [-0.39, 0.29) is 23.3 Å². The molecule has 0 unspecified atom stereocenters. The molecule has 4 rings (SSSR count). The van der Waals surface area contributed by atoms with E-state index in [0.29, 0.717) is 13.1 Å². The van der Waals surface area contributed by atoms with E-state index in [9.17, 15) is 9.59 Å². The van der Waals surface area contributed by atoms with Crippen molar-refractivity contribution in [3.8, 4) is 0 Å². The van der Waals surface area contributed by atoms with Crippen molar-refractivity contribution in [1.82, 2.24) is 10.2 Å². The number of hydrogen-bond acceptors (Lipinski definition) is 2. The third kappa shape index (κ3) is 3.97. The first-order valence-electron chi connectivity index (χ1n) is 10.4. The third-order valence-corrected chi connectivity index (χ3v) is 7.05. The largest absolute Gasteiger partial charge is 0.349 e. The van der Waals surface area contributed by atoms with Crippen LogP contribution < -0.4 is 5.32 Å². The highest BCUT2D eigenvalue weighted by Crippen LogP contribution is 2.45. The number of aryl methyl sites for hydroxylation is 1. The van der Waals surface area contributed by atoms with Crippen molar-refractivity contribution >= 4 is 27.7 Å². The molecule has 2 fully saturated rings. The first-order chi connectivity index (χ1) is 14.0. The second-order valence-electron chi connectivity index (χ2n) is 8.30. The average molecular weight is 455 g/mol. The van der Waals surface area contributed by atoms with Crippen molar-refractivity contribution < 1.29 is 9.59 Å². The minimum Gasteiger partial charge on any atom is -0.349 e. The number of nitrogens with zero attached hydrogens (tertiary/aromatic N) is 1. The fourth-order valence-electron chi connectivity index (χ4n) is 4.55. The Balaban J connectivity index is 1.38. The van der Waals surface area contributed by atoms with E-state index in [0.717, 1.165) is 53.3 Å². The fourth-order valence-corrected chi connectivity index (χ4v) is 4.81. The van der Waals surface area contributed by atoms with Gasteiger partial charge in [-0.1, -0.05) is 52.7 Å². The zero-order chi connectivity index (χ0) is 20.4. The van der Waals surface area contributed by atoms with E-state index >= 15 is 0 Å². The molecule has 1 heterocycles. The molecule has 0 bridgehead atoms. The predicted molar refractivity (Wildman–Crippen MR) is 118 cm³/mol. The van der Waals surface area contributed by atoms with Gasteiger partial charge in [-0.15, -0.1) is 0 Å². The van der Waals surface area contributed by atoms with Crippen molar-refractivity contribution in [3.63, 3.8) is 0 Å². The molecule has 1 aliphatic heterocycles. The Bertz CT molecular complexity index is 897. The Hall–Kier alpha value is -2.14. The number of halogens is 1. The highest BCUT2D eigenvalue weighted by atomic mass is 79.9. The molecular formula is C24H27BrN2O2. The Morgan fingerprint density at radius 2 is 1.69 bits per heavy atom. The van der Waals surface area contributed by atoms with Crippen molar-refractivity contribution in [3.05, 3.63) is 69.7 Å². The summed E-state index contributed by atoms with van der Waals surface area (Å²) in [4.78, 5) is 28.0. The number of amides is 2. The summed E-state index contributed by atoms with van der Waals surface area (Å²) >= 11 is 3.48. The van der Waals surface area contributed by atoms with Gasteiger partial charge in [0.25, 0.3) is 5.91 Å². The van der Waals surface area contributed by atoms with Gasteiger partial charge in [-0.05, 0) is 61.9 Å². The van der Waals surface area contributed by atoms with Gasteiger partial charge in [0, 0.05) is 29.2 Å². The molecule has 5 heteroatoms. The maximum absolute atomic E-state index is 13.4. The molecule has 0 spiro atoms. The minimum absolute atomic E-state index is 0.0156. The van der Waals surface area contributed by atoms with E-state index in [1.807, 2.05) is 48.2 Å². The number of likely N-dealkylation sites (tertiary alicyclic amines) is 1. The standard InChI is InChI=1S/C24H27BrN2O2/c1-17-5-2-3-6-21(17)22(28)26-20-11-15-27(16-12-20)23(29)24(13-4-14-24)18-7-9-19(25)10-8-18/h2-3,5-10,20H,4,11-16H2,1H3,(H,26,28). The normalized spacial score (nSPS) is 18.8. The molecule has 1 aliphatic carbocycles. The average Bonchev–Trinajstić information content (AvgIpc) is 2.69. The highest BCUT2D eigenvalue weighted by molar-refractivity contribution is 9.10. The maximum atomic E-state index is 13.4. The Kier molecular flexibility index (Phi) is 5.77. The van der Waals surface area contributed by atoms with Gasteiger partial charge >= 0.3 is 0 Å². The van der Waals surface area contributed by atoms with Crippen LogP contribution in [0.2, 0.25) is 0 Å². The summed E-state index contributed by atoms with van der Waals surface area (Å²) in [6.45, 7) is 3.36. The number of hydrogen-bond donors (Lipinski definition) is 1. The molecule has 2 aromatic carbocycles. The summed E-state index contributed by atoms with van der Waals surface area (Å²) in [7, 11) is 0. The lowest BCUT2D eigenvalue weighted by atomic mass is 9.63. The van der Waals surface area contributed by atoms with E-state index < -0.39 is 0 Å². The number of nitrogens with one attached hydrogen (secondary N) is 1. The monoisotopic (exact) mass is 454 g/mol. The smallest absolute Gasteiger partial charge is 0.251 e. The van der Waals surface area contributed by atoms with Gasteiger partial charge in [0.05, 0.1) is 5.41 Å². The summed E-state index contributed by atoms with van der Waals surface area (Å²) in [5.74, 6) is 0.243. The summed E-state index contributed by atoms with van der Waals surface area (Å²) < 4.78 is 1.04. The van der Waals surface area contributed by atoms with Crippen molar-refractivity contribution in [2.75, 3.05) is 13.1 Å². The van der Waals surface area contributed by atoms with E-state index in [1.54, 1.807) is 0 Å². The number of carbonyl (C=O) groups excluding carboxylic acids is 2. The molecule has 2 aliphatic rings. The lowest BCUT2D eigenvalue weighted by molar-refractivity contribution is -0.142. The first kappa shape index (κ1) is 20.1. The molecule has 1 N–H and O–H groups in total. The minimum atomic E-state index is -0.349. The second kappa shape index (κ2) is 8.31. The highest BCUT2D eigenvalue weighted by Gasteiger charge is 2.48. The number of benzene rings is 2. The summed E-state index contributed by atoms with van der Waals surface area (Å²) in [6, 6.07) is 16.0. The first-order valence-corrected chi connectivity index (χ1v) is 11.2. The zero-order valence-electron chi connectivity index (χ0n) is 16.8. The molecule has 0 aromatic heterocycles. The molecule has 0 atom stereocenters. The molecule has 29 heavy (non-hydrogen) atoms. The van der Waals surface area contributed by atoms with E-state index in [1.165, 1.54) is 0 Å². The van der Waals surface area contributed by atoms with Gasteiger partial charge in [0.2, 0.25) is 5.91 Å². The van der Waals surface area contributed by atoms with Gasteiger partial charge in [-0.25, -0.2) is 0 Å². The van der Waals surface area contributed by atoms with Gasteiger partial charge < -0.3 is 10.2 Å². The van der Waals surface area contributed by atoms with Gasteiger partial charge in [-0.2, -0.15) is 0 Å². The summed E-state index contributed by atoms with van der Waals surface area (Å²) in [5, 5.41) is 3.16. The van der Waals surface area contributed by atoms with Crippen LogP contribution in [0.4, 0.5) is 0 Å². The topological polar surface area (TPSA) is 49.4 Å². The van der Waals surface area contributed by atoms with Crippen molar-refractivity contribution in [2.45, 2.75) is 50.5 Å². The zero-order valence-corrected chi connectivity index (χ0v) is 18.4. The number of rotatable bonds is 4. The molecule has 4 nitrogen and oxygen atoms in total. The van der Waals surface area contributed by atoms with Crippen LogP contribution in [0.3, 0.4) is 0 Å². The molecule has 152 valence electrons. The fraction of sp³-hybridized carbons (Fsp3) is 0.417.